The molecule has 0 spiro atoms. The summed E-state index contributed by atoms with van der Waals surface area (Å²) in [5.74, 6) is 11.3. The molecule has 0 bridgehead atoms. The highest BCUT2D eigenvalue weighted by Gasteiger charge is 2.52. The zero-order valence-corrected chi connectivity index (χ0v) is 56.6. The van der Waals surface area contributed by atoms with Crippen molar-refractivity contribution in [3.05, 3.63) is 74.3 Å². The molecule has 19 atom stereocenters. The van der Waals surface area contributed by atoms with E-state index in [2.05, 4.69) is 44.8 Å². The number of benzene rings is 1. The summed E-state index contributed by atoms with van der Waals surface area (Å²) < 4.78 is 72.9. The number of alkyl carbamates (subject to hydrolysis) is 1. The van der Waals surface area contributed by atoms with Crippen molar-refractivity contribution in [2.45, 2.75) is 188 Å². The Morgan fingerprint density at radius 1 is 0.900 bits per heavy atom. The number of carbonyl (C=O) groups excluding carboxylic acids is 3. The molecule has 5 heterocycles. The van der Waals surface area contributed by atoms with E-state index in [9.17, 15) is 39.9 Å². The van der Waals surface area contributed by atoms with Crippen LogP contribution in [0.5, 0.6) is 17.2 Å². The molecule has 0 unspecified atom stereocenters. The van der Waals surface area contributed by atoms with E-state index in [-0.39, 0.29) is 71.2 Å². The molecule has 0 saturated carbocycles. The van der Waals surface area contributed by atoms with Gasteiger partial charge >= 0.3 is 6.09 Å². The summed E-state index contributed by atoms with van der Waals surface area (Å²) in [6, 6.07) is 2.39. The number of nitrogens with one attached hydrogen (secondary N) is 3. The smallest absolute Gasteiger partial charge is 0.411 e. The standard InChI is InChI=1S/C61H81IN4O21S3/c1-13-15-16-17-18-19-39(44-35(22-25-88-90-34-20-23-63-24-21-34)61(7,74)28-38(68)47(44)65-60(73)79-12)84-59-54(85-41-27-40(75-8)36(29-80-41)64-14-2)49(70)46(31(4)82-59)66-87-42-26-37(67)56(33(6)81-42)89-57(72)43-30(3)45(62)52(55(78-11)51(43)76-9)86-58-50(71)53(77-10)48(69)32(5)83-58/h16-17,20-24,31-33,36-37,39-42,46,48-50,53-54,56,58-59,64,66-67,69-71,74H,14,25-29H2,1-12H3,(H,65,73)/b17-16-,35-22+/t31-,32+,33-,36+,37+,39+,40+,41+,42+,46-,48+,49-,50-,53-,54-,56-,58+,59+,61+/m1/s1. The first-order valence-corrected chi connectivity index (χ1v) is 33.3. The number of halogens is 1. The number of likely N-dealkylation sites (N-methyl/N-ethyl adjacent to an activating group) is 1. The molecule has 1 aromatic heterocycles. The van der Waals surface area contributed by atoms with Crippen molar-refractivity contribution >= 4 is 72.9 Å². The number of Topliss-reactive ketones (excluding diaryl/α,β-unsaturated/α-hetero) is 1. The van der Waals surface area contributed by atoms with Crippen LogP contribution in [0, 0.1) is 34.2 Å². The molecule has 2 aromatic rings. The van der Waals surface area contributed by atoms with Gasteiger partial charge < -0.3 is 87.7 Å². The summed E-state index contributed by atoms with van der Waals surface area (Å²) in [7, 11) is 9.68. The molecule has 29 heteroatoms. The second-order valence-corrected chi connectivity index (χ2v) is 26.3. The first-order chi connectivity index (χ1) is 43.1. The Kier molecular flexibility index (Phi) is 27.9. The largest absolute Gasteiger partial charge is 0.492 e. The van der Waals surface area contributed by atoms with E-state index >= 15 is 0 Å². The van der Waals surface area contributed by atoms with Crippen molar-refractivity contribution in [1.29, 1.82) is 0 Å². The van der Waals surface area contributed by atoms with Gasteiger partial charge in [0.15, 0.2) is 36.2 Å². The zero-order chi connectivity index (χ0) is 65.6. The van der Waals surface area contributed by atoms with E-state index in [4.69, 9.17) is 61.7 Å². The predicted octanol–water partition coefficient (Wildman–Crippen LogP) is 4.40. The topological polar surface area (TPSA) is 321 Å². The minimum absolute atomic E-state index is 0.00843. The van der Waals surface area contributed by atoms with Crippen molar-refractivity contribution in [3.63, 3.8) is 0 Å². The molecule has 0 radical (unpaired) electrons. The molecule has 1 amide bonds. The molecular formula is C61H81IN4O21S3. The van der Waals surface area contributed by atoms with Crippen molar-refractivity contribution < 1.29 is 102 Å². The number of pyridine rings is 1. The summed E-state index contributed by atoms with van der Waals surface area (Å²) in [6.07, 6.45) is -10.5. The average molecular weight is 1430 g/mol. The third-order valence-electron chi connectivity index (χ3n) is 15.5. The molecule has 25 nitrogen and oxygen atoms in total. The summed E-state index contributed by atoms with van der Waals surface area (Å²) in [4.78, 5) is 52.9. The lowest BCUT2D eigenvalue weighted by atomic mass is 9.76. The van der Waals surface area contributed by atoms with E-state index in [1.54, 1.807) is 60.2 Å². The first kappa shape index (κ1) is 73.3. The summed E-state index contributed by atoms with van der Waals surface area (Å²) in [6.45, 7) is 12.5. The summed E-state index contributed by atoms with van der Waals surface area (Å²) >= 11 is 2.82. The summed E-state index contributed by atoms with van der Waals surface area (Å²) in [5.41, 5.74) is 1.60. The lowest BCUT2D eigenvalue weighted by molar-refractivity contribution is -0.336. The number of methoxy groups -OCH3 is 5. The van der Waals surface area contributed by atoms with Gasteiger partial charge in [-0.1, -0.05) is 64.1 Å². The van der Waals surface area contributed by atoms with Crippen molar-refractivity contribution in [3.8, 4) is 40.9 Å². The number of ether oxygens (including phenoxy) is 12. The first-order valence-electron chi connectivity index (χ1n) is 29.0. The maximum atomic E-state index is 14.5. The maximum Gasteiger partial charge on any atom is 0.411 e. The van der Waals surface area contributed by atoms with Crippen LogP contribution in [0.3, 0.4) is 0 Å². The fraction of sp³-hybridized carbons (Fsp3) is 0.607. The van der Waals surface area contributed by atoms with Gasteiger partial charge in [0.05, 0.1) is 96.2 Å². The molecule has 1 aromatic carbocycles. The molecule has 4 aliphatic heterocycles. The minimum Gasteiger partial charge on any atom is -0.492 e. The molecule has 4 fully saturated rings. The van der Waals surface area contributed by atoms with Crippen LogP contribution in [0.1, 0.15) is 76.7 Å². The van der Waals surface area contributed by atoms with Crippen LogP contribution >= 0.6 is 55.9 Å². The molecule has 8 N–H and O–H groups in total. The highest BCUT2D eigenvalue weighted by molar-refractivity contribution is 14.1. The Hall–Kier alpha value is -4.14. The van der Waals surface area contributed by atoms with Gasteiger partial charge in [0.2, 0.25) is 17.2 Å². The van der Waals surface area contributed by atoms with Crippen molar-refractivity contribution in [1.82, 2.24) is 21.1 Å². The minimum atomic E-state index is -1.82. The van der Waals surface area contributed by atoms with Gasteiger partial charge in [-0.05, 0) is 106 Å². The Morgan fingerprint density at radius 3 is 2.27 bits per heavy atom. The van der Waals surface area contributed by atoms with Gasteiger partial charge in [0, 0.05) is 62.1 Å². The molecule has 90 heavy (non-hydrogen) atoms. The SMILES string of the molecule is CC#C/C=C\C#C[C@H](O[C@@H]1O[C@H](C)[C@@H](NO[C@H]2C[C@H](O)[C@H](SC(=O)c3c(C)c(I)c(O[C@@H]4O[C@@H](C)[C@H](O)[C@@H](OC)[C@H]4O)c(OC)c3OC)[C@@H](C)O2)[C@@H](O)[C@H]1O[C@H]1C[C@H](OC)[C@@H](NCC)CO1)C1=C(NC(=O)OC)C(=O)C[C@](C)(O)/C1=C/CSSc1ccncc1. The molecule has 1 aliphatic carbocycles. The second-order valence-electron chi connectivity index (χ2n) is 21.6. The number of rotatable bonds is 23. The quantitative estimate of drug-likeness (QED) is 0.0251. The van der Waals surface area contributed by atoms with Crippen LogP contribution in [0.2, 0.25) is 0 Å². The molecule has 7 rings (SSSR count). The van der Waals surface area contributed by atoms with E-state index < -0.39 is 127 Å². The van der Waals surface area contributed by atoms with Gasteiger partial charge in [-0.3, -0.25) is 24.7 Å². The van der Waals surface area contributed by atoms with Gasteiger partial charge in [-0.2, -0.15) is 5.48 Å². The number of aliphatic hydroxyl groups excluding tert-OH is 4. The molecule has 496 valence electrons. The lowest BCUT2D eigenvalue weighted by Crippen LogP contribution is -2.65. The summed E-state index contributed by atoms with van der Waals surface area (Å²) in [5, 5.41) is 62.9. The third kappa shape index (κ3) is 17.8. The average Bonchev–Trinajstić information content (AvgIpc) is 0.795. The third-order valence-corrected chi connectivity index (χ3v) is 20.5. The molecular weight excluding hydrogens is 1350 g/mol. The number of nitrogens with zero attached hydrogens (tertiary/aromatic N) is 1. The number of hydrogen-bond donors (Lipinski definition) is 8. The highest BCUT2D eigenvalue weighted by Crippen LogP contribution is 2.49. The number of aliphatic hydroxyl groups is 5. The van der Waals surface area contributed by atoms with Crippen molar-refractivity contribution in [2.24, 2.45) is 0 Å². The van der Waals surface area contributed by atoms with E-state index in [1.807, 2.05) is 41.6 Å². The Labute approximate surface area is 549 Å². The van der Waals surface area contributed by atoms with Crippen molar-refractivity contribution in [2.75, 3.05) is 54.5 Å². The fourth-order valence-corrected chi connectivity index (χ4v) is 14.5. The van der Waals surface area contributed by atoms with E-state index in [0.29, 0.717) is 21.4 Å². The number of allylic oxidation sites excluding steroid dienone is 3. The number of amides is 1. The maximum absolute atomic E-state index is 14.5. The van der Waals surface area contributed by atoms with Gasteiger partial charge in [-0.25, -0.2) is 4.79 Å². The van der Waals surface area contributed by atoms with Crippen LogP contribution in [-0.4, -0.2) is 217 Å². The molecule has 4 saturated heterocycles. The fourth-order valence-electron chi connectivity index (χ4n) is 10.9. The van der Waals surface area contributed by atoms with Crippen LogP contribution in [-0.2, 0) is 52.3 Å². The van der Waals surface area contributed by atoms with Crippen LogP contribution in [0.15, 0.2) is 64.5 Å². The number of hydroxylamine groups is 1. The van der Waals surface area contributed by atoms with Crippen LogP contribution in [0.4, 0.5) is 4.79 Å². The van der Waals surface area contributed by atoms with E-state index in [1.165, 1.54) is 62.0 Å². The number of aromatic nitrogens is 1. The van der Waals surface area contributed by atoms with E-state index in [0.717, 1.165) is 23.8 Å². The van der Waals surface area contributed by atoms with Gasteiger partial charge in [0.25, 0.3) is 0 Å². The Morgan fingerprint density at radius 2 is 1.61 bits per heavy atom. The number of carbonyl (C=O) groups is 3. The normalized spacial score (nSPS) is 32.9. The van der Waals surface area contributed by atoms with Gasteiger partial charge in [-0.15, -0.1) is 5.92 Å². The Bertz CT molecular complexity index is 3000. The monoisotopic (exact) mass is 1430 g/mol. The van der Waals surface area contributed by atoms with Gasteiger partial charge in [0.1, 0.15) is 36.6 Å². The lowest BCUT2D eigenvalue weighted by Gasteiger charge is -2.46. The highest BCUT2D eigenvalue weighted by atomic mass is 127. The molecule has 5 aliphatic rings. The predicted molar refractivity (Wildman–Crippen MR) is 340 cm³/mol. The number of hydrogen-bond acceptors (Lipinski definition) is 27. The number of ketones is 1. The Balaban J connectivity index is 1.14. The van der Waals surface area contributed by atoms with Crippen LogP contribution < -0.4 is 30.3 Å². The zero-order valence-electron chi connectivity index (χ0n) is 52.0. The second kappa shape index (κ2) is 34.3. The number of thioether (sulfide) groups is 1. The van der Waals surface area contributed by atoms with Crippen LogP contribution in [0.25, 0.3) is 0 Å².